The first-order chi connectivity index (χ1) is 11.3. The molecule has 0 unspecified atom stereocenters. The molecule has 0 aliphatic carbocycles. The molecule has 0 radical (unpaired) electrons. The van der Waals surface area contributed by atoms with Crippen LogP contribution in [0.2, 0.25) is 0 Å². The molecule has 0 spiro atoms. The summed E-state index contributed by atoms with van der Waals surface area (Å²) in [6.07, 6.45) is 0. The van der Waals surface area contributed by atoms with Crippen molar-refractivity contribution in [1.82, 2.24) is 15.2 Å². The van der Waals surface area contributed by atoms with E-state index in [-0.39, 0.29) is 10.6 Å². The lowest BCUT2D eigenvalue weighted by Gasteiger charge is -2.07. The predicted molar refractivity (Wildman–Crippen MR) is 90.2 cm³/mol. The van der Waals surface area contributed by atoms with Gasteiger partial charge in [-0.2, -0.15) is 0 Å². The largest absolute Gasteiger partial charge is 0.350 e. The van der Waals surface area contributed by atoms with Gasteiger partial charge in [-0.3, -0.25) is 10.2 Å². The van der Waals surface area contributed by atoms with E-state index in [2.05, 4.69) is 26.3 Å². The monoisotopic (exact) mass is 411 g/mol. The topological polar surface area (TPSA) is 91.1 Å². The molecule has 6 nitrogen and oxygen atoms in total. The molecule has 0 aliphatic rings. The molecule has 1 aromatic heterocycles. The summed E-state index contributed by atoms with van der Waals surface area (Å²) in [6, 6.07) is 11.4. The molecule has 0 fully saturated rings. The molecule has 1 heterocycles. The van der Waals surface area contributed by atoms with E-state index >= 15 is 0 Å². The fourth-order valence-electron chi connectivity index (χ4n) is 2.08. The van der Waals surface area contributed by atoms with Gasteiger partial charge in [0.2, 0.25) is 0 Å². The Morgan fingerprint density at radius 1 is 1.08 bits per heavy atom. The molecule has 24 heavy (non-hydrogen) atoms. The van der Waals surface area contributed by atoms with Crippen molar-refractivity contribution < 1.29 is 17.6 Å². The number of aromatic nitrogens is 1. The molecule has 1 amide bonds. The van der Waals surface area contributed by atoms with Crippen LogP contribution in [-0.4, -0.2) is 19.3 Å². The van der Waals surface area contributed by atoms with Crippen LogP contribution in [-0.2, 0) is 10.0 Å². The highest BCUT2D eigenvalue weighted by Crippen LogP contribution is 2.17. The van der Waals surface area contributed by atoms with Crippen LogP contribution in [0.1, 0.15) is 10.5 Å². The van der Waals surface area contributed by atoms with Crippen molar-refractivity contribution in [2.24, 2.45) is 0 Å². The number of sulfonamides is 1. The molecule has 3 aromatic rings. The molecule has 0 atom stereocenters. The average Bonchev–Trinajstić information content (AvgIpc) is 2.96. The Kier molecular flexibility index (Phi) is 4.39. The summed E-state index contributed by atoms with van der Waals surface area (Å²) in [4.78, 5) is 16.9. The van der Waals surface area contributed by atoms with Gasteiger partial charge < -0.3 is 4.98 Å². The zero-order chi connectivity index (χ0) is 17.3. The average molecular weight is 412 g/mol. The summed E-state index contributed by atoms with van der Waals surface area (Å²) in [7, 11) is -3.89. The van der Waals surface area contributed by atoms with Crippen LogP contribution in [0.4, 0.5) is 4.39 Å². The predicted octanol–water partition coefficient (Wildman–Crippen LogP) is 2.69. The maximum Gasteiger partial charge on any atom is 0.282 e. The summed E-state index contributed by atoms with van der Waals surface area (Å²) in [5.74, 6) is -1.11. The summed E-state index contributed by atoms with van der Waals surface area (Å²) >= 11 is 3.21. The highest BCUT2D eigenvalue weighted by molar-refractivity contribution is 9.10. The molecule has 9 heteroatoms. The van der Waals surface area contributed by atoms with Gasteiger partial charge in [-0.25, -0.2) is 12.8 Å². The lowest BCUT2D eigenvalue weighted by Crippen LogP contribution is -2.41. The van der Waals surface area contributed by atoms with Crippen LogP contribution < -0.4 is 10.3 Å². The number of nitrogens with one attached hydrogen (secondary N) is 3. The first kappa shape index (κ1) is 16.6. The molecular weight excluding hydrogens is 401 g/mol. The number of hydrogen-bond donors (Lipinski definition) is 3. The first-order valence-corrected chi connectivity index (χ1v) is 8.99. The molecule has 124 valence electrons. The van der Waals surface area contributed by atoms with Gasteiger partial charge >= 0.3 is 0 Å². The van der Waals surface area contributed by atoms with E-state index in [9.17, 15) is 17.6 Å². The molecule has 0 saturated heterocycles. The van der Waals surface area contributed by atoms with Crippen LogP contribution in [0.25, 0.3) is 10.9 Å². The molecule has 3 rings (SSSR count). The number of benzene rings is 2. The van der Waals surface area contributed by atoms with Crippen LogP contribution in [0.3, 0.4) is 0 Å². The zero-order valence-electron chi connectivity index (χ0n) is 12.0. The number of carbonyl (C=O) groups excluding carboxylic acids is 1. The Balaban J connectivity index is 1.75. The fraction of sp³-hybridized carbons (Fsp3) is 0. The molecule has 3 N–H and O–H groups in total. The Labute approximate surface area is 145 Å². The van der Waals surface area contributed by atoms with Gasteiger partial charge in [-0.15, -0.1) is 4.83 Å². The first-order valence-electron chi connectivity index (χ1n) is 6.71. The Hall–Kier alpha value is -2.23. The van der Waals surface area contributed by atoms with Gasteiger partial charge in [0.1, 0.15) is 11.5 Å². The third-order valence-corrected chi connectivity index (χ3v) is 5.04. The van der Waals surface area contributed by atoms with Crippen molar-refractivity contribution in [2.75, 3.05) is 0 Å². The van der Waals surface area contributed by atoms with E-state index in [1.54, 1.807) is 12.1 Å². The Morgan fingerprint density at radius 2 is 1.79 bits per heavy atom. The number of amides is 1. The van der Waals surface area contributed by atoms with Crippen molar-refractivity contribution >= 4 is 42.8 Å². The second-order valence-electron chi connectivity index (χ2n) is 4.93. The molecule has 0 bridgehead atoms. The number of H-pyrrole nitrogens is 1. The lowest BCUT2D eigenvalue weighted by molar-refractivity contribution is 0.0941. The van der Waals surface area contributed by atoms with Crippen LogP contribution in [0.5, 0.6) is 0 Å². The second kappa shape index (κ2) is 6.34. The van der Waals surface area contributed by atoms with Gasteiger partial charge in [-0.05, 0) is 48.5 Å². The van der Waals surface area contributed by atoms with Crippen molar-refractivity contribution in [2.45, 2.75) is 4.90 Å². The van der Waals surface area contributed by atoms with E-state index in [0.717, 1.165) is 4.47 Å². The maximum absolute atomic E-state index is 13.2. The van der Waals surface area contributed by atoms with Gasteiger partial charge in [0.15, 0.2) is 0 Å². The molecule has 2 aromatic carbocycles. The SMILES string of the molecule is O=C(NNS(=O)(=O)c1ccc(Br)cc1)c1cc2cc(F)ccc2[nH]1. The summed E-state index contributed by atoms with van der Waals surface area (Å²) in [6.45, 7) is 0. The number of hydrazine groups is 1. The van der Waals surface area contributed by atoms with Gasteiger partial charge in [0.05, 0.1) is 4.90 Å². The van der Waals surface area contributed by atoms with Crippen molar-refractivity contribution in [3.63, 3.8) is 0 Å². The van der Waals surface area contributed by atoms with E-state index in [1.165, 1.54) is 36.4 Å². The summed E-state index contributed by atoms with van der Waals surface area (Å²) < 4.78 is 38.1. The van der Waals surface area contributed by atoms with Crippen LogP contribution in [0.15, 0.2) is 57.9 Å². The highest BCUT2D eigenvalue weighted by Gasteiger charge is 2.16. The molecular formula is C15H11BrFN3O3S. The lowest BCUT2D eigenvalue weighted by atomic mass is 10.2. The van der Waals surface area contributed by atoms with Crippen LogP contribution in [0, 0.1) is 5.82 Å². The van der Waals surface area contributed by atoms with E-state index in [1.807, 2.05) is 4.83 Å². The third-order valence-electron chi connectivity index (χ3n) is 3.25. The number of fused-ring (bicyclic) bond motifs is 1. The normalized spacial score (nSPS) is 11.6. The minimum Gasteiger partial charge on any atom is -0.350 e. The number of carbonyl (C=O) groups is 1. The quantitative estimate of drug-likeness (QED) is 0.576. The zero-order valence-corrected chi connectivity index (χ0v) is 14.4. The molecule has 0 saturated carbocycles. The number of halogens is 2. The fourth-order valence-corrected chi connectivity index (χ4v) is 3.18. The number of rotatable bonds is 4. The van der Waals surface area contributed by atoms with Gasteiger partial charge in [0, 0.05) is 15.4 Å². The highest BCUT2D eigenvalue weighted by atomic mass is 79.9. The Morgan fingerprint density at radius 3 is 2.50 bits per heavy atom. The maximum atomic E-state index is 13.2. The summed E-state index contributed by atoms with van der Waals surface area (Å²) in [5, 5.41) is 0.510. The number of aromatic amines is 1. The minimum absolute atomic E-state index is 0.00437. The van der Waals surface area contributed by atoms with E-state index < -0.39 is 21.7 Å². The summed E-state index contributed by atoms with van der Waals surface area (Å²) in [5.41, 5.74) is 2.79. The molecule has 0 aliphatic heterocycles. The third kappa shape index (κ3) is 3.48. The van der Waals surface area contributed by atoms with E-state index in [0.29, 0.717) is 10.9 Å². The number of hydrogen-bond acceptors (Lipinski definition) is 3. The van der Waals surface area contributed by atoms with Crippen LogP contribution >= 0.6 is 15.9 Å². The van der Waals surface area contributed by atoms with Crippen molar-refractivity contribution in [3.8, 4) is 0 Å². The van der Waals surface area contributed by atoms with Crippen molar-refractivity contribution in [1.29, 1.82) is 0 Å². The Bertz CT molecular complexity index is 1020. The second-order valence-corrected chi connectivity index (χ2v) is 7.53. The minimum atomic E-state index is -3.89. The van der Waals surface area contributed by atoms with E-state index in [4.69, 9.17) is 0 Å². The van der Waals surface area contributed by atoms with Gasteiger partial charge in [0.25, 0.3) is 15.9 Å². The smallest absolute Gasteiger partial charge is 0.282 e. The van der Waals surface area contributed by atoms with Gasteiger partial charge in [-0.1, -0.05) is 15.9 Å². The van der Waals surface area contributed by atoms with Crippen molar-refractivity contribution in [3.05, 3.63) is 64.5 Å². The standard InChI is InChI=1S/C15H11BrFN3O3S/c16-10-1-4-12(5-2-10)24(22,23)20-19-15(21)14-8-9-7-11(17)3-6-13(9)18-14/h1-8,18,20H,(H,19,21).